The number of ether oxygens (including phenoxy) is 2. The fourth-order valence-corrected chi connectivity index (χ4v) is 2.29. The van der Waals surface area contributed by atoms with E-state index in [2.05, 4.69) is 15.9 Å². The molecule has 0 N–H and O–H groups in total. The fraction of sp³-hybridized carbons (Fsp3) is 0.200. The van der Waals surface area contributed by atoms with Gasteiger partial charge < -0.3 is 9.47 Å². The normalized spacial score (nSPS) is 10.2. The van der Waals surface area contributed by atoms with Crippen molar-refractivity contribution in [3.05, 3.63) is 58.1 Å². The second kappa shape index (κ2) is 7.08. The van der Waals surface area contributed by atoms with Crippen molar-refractivity contribution < 1.29 is 14.4 Å². The van der Waals surface area contributed by atoms with Crippen LogP contribution in [0.15, 0.2) is 42.5 Å². The van der Waals surface area contributed by atoms with Crippen molar-refractivity contribution in [3.63, 3.8) is 0 Å². The maximum Gasteiger partial charge on any atom is 0.273 e. The molecular weight excluding hydrogens is 338 g/mol. The van der Waals surface area contributed by atoms with Gasteiger partial charge in [-0.05, 0) is 31.2 Å². The predicted octanol–water partition coefficient (Wildman–Crippen LogP) is 4.68. The van der Waals surface area contributed by atoms with Gasteiger partial charge in [0.1, 0.15) is 17.2 Å². The van der Waals surface area contributed by atoms with E-state index in [0.29, 0.717) is 29.0 Å². The molecule has 0 spiro atoms. The SMILES string of the molecule is CCOc1cccc(Oc2ccc([N+](=O)[O-])c(CBr)c2)c1. The van der Waals surface area contributed by atoms with E-state index in [1.807, 2.05) is 19.1 Å². The maximum atomic E-state index is 10.9. The molecule has 0 aliphatic carbocycles. The topological polar surface area (TPSA) is 61.6 Å². The van der Waals surface area contributed by atoms with Gasteiger partial charge >= 0.3 is 0 Å². The minimum absolute atomic E-state index is 0.0716. The fourth-order valence-electron chi connectivity index (χ4n) is 1.84. The van der Waals surface area contributed by atoms with Crippen LogP contribution in [0.3, 0.4) is 0 Å². The zero-order valence-electron chi connectivity index (χ0n) is 11.4. The Kier molecular flexibility index (Phi) is 5.16. The summed E-state index contributed by atoms with van der Waals surface area (Å²) in [7, 11) is 0. The van der Waals surface area contributed by atoms with Gasteiger partial charge in [-0.1, -0.05) is 22.0 Å². The van der Waals surface area contributed by atoms with E-state index in [1.165, 1.54) is 6.07 Å². The van der Waals surface area contributed by atoms with Crippen molar-refractivity contribution in [1.29, 1.82) is 0 Å². The van der Waals surface area contributed by atoms with Gasteiger partial charge in [-0.2, -0.15) is 0 Å². The van der Waals surface area contributed by atoms with Gasteiger partial charge in [-0.25, -0.2) is 0 Å². The molecule has 2 rings (SSSR count). The molecule has 2 aromatic rings. The van der Waals surface area contributed by atoms with Crippen LogP contribution in [0, 0.1) is 10.1 Å². The van der Waals surface area contributed by atoms with Crippen LogP contribution in [0.1, 0.15) is 12.5 Å². The minimum atomic E-state index is -0.407. The van der Waals surface area contributed by atoms with Crippen LogP contribution in [0.2, 0.25) is 0 Å². The Morgan fingerprint density at radius 2 is 1.86 bits per heavy atom. The van der Waals surface area contributed by atoms with Crippen LogP contribution in [-0.2, 0) is 5.33 Å². The molecule has 0 unspecified atom stereocenters. The van der Waals surface area contributed by atoms with Crippen molar-refractivity contribution in [3.8, 4) is 17.2 Å². The summed E-state index contributed by atoms with van der Waals surface area (Å²) in [5, 5.41) is 11.3. The molecule has 0 aliphatic rings. The molecule has 5 nitrogen and oxygen atoms in total. The van der Waals surface area contributed by atoms with Gasteiger partial charge in [0.25, 0.3) is 5.69 Å². The first-order chi connectivity index (χ1) is 10.1. The Bertz CT molecular complexity index is 645. The molecule has 0 saturated carbocycles. The monoisotopic (exact) mass is 351 g/mol. The number of alkyl halides is 1. The lowest BCUT2D eigenvalue weighted by Crippen LogP contribution is -1.95. The summed E-state index contributed by atoms with van der Waals surface area (Å²) in [6.45, 7) is 2.49. The Morgan fingerprint density at radius 3 is 2.52 bits per heavy atom. The van der Waals surface area contributed by atoms with E-state index in [1.54, 1.807) is 24.3 Å². The minimum Gasteiger partial charge on any atom is -0.494 e. The number of nitro groups is 1. The molecule has 6 heteroatoms. The third kappa shape index (κ3) is 3.95. The Labute approximate surface area is 130 Å². The molecule has 0 saturated heterocycles. The van der Waals surface area contributed by atoms with E-state index < -0.39 is 4.92 Å². The summed E-state index contributed by atoms with van der Waals surface area (Å²) >= 11 is 3.25. The van der Waals surface area contributed by atoms with Crippen molar-refractivity contribution in [2.75, 3.05) is 6.61 Å². The highest BCUT2D eigenvalue weighted by Crippen LogP contribution is 2.30. The van der Waals surface area contributed by atoms with E-state index in [9.17, 15) is 10.1 Å². The number of nitrogens with zero attached hydrogens (tertiary/aromatic N) is 1. The van der Waals surface area contributed by atoms with E-state index >= 15 is 0 Å². The molecule has 0 aliphatic heterocycles. The molecule has 0 heterocycles. The highest BCUT2D eigenvalue weighted by atomic mass is 79.9. The summed E-state index contributed by atoms with van der Waals surface area (Å²) < 4.78 is 11.1. The average molecular weight is 352 g/mol. The highest BCUT2D eigenvalue weighted by molar-refractivity contribution is 9.08. The Balaban J connectivity index is 2.23. The predicted molar refractivity (Wildman–Crippen MR) is 83.4 cm³/mol. The van der Waals surface area contributed by atoms with Gasteiger partial charge in [0.05, 0.1) is 11.5 Å². The summed E-state index contributed by atoms with van der Waals surface area (Å²) in [6.07, 6.45) is 0. The zero-order valence-corrected chi connectivity index (χ0v) is 13.0. The molecule has 21 heavy (non-hydrogen) atoms. The molecule has 0 bridgehead atoms. The highest BCUT2D eigenvalue weighted by Gasteiger charge is 2.13. The number of benzene rings is 2. The molecule has 0 atom stereocenters. The van der Waals surface area contributed by atoms with Crippen LogP contribution in [0.5, 0.6) is 17.2 Å². The number of hydrogen-bond donors (Lipinski definition) is 0. The third-order valence-electron chi connectivity index (χ3n) is 2.74. The van der Waals surface area contributed by atoms with Crippen molar-refractivity contribution >= 4 is 21.6 Å². The summed E-state index contributed by atoms with van der Waals surface area (Å²) in [6, 6.07) is 11.9. The molecular formula is C15H14BrNO4. The molecule has 0 radical (unpaired) electrons. The number of nitro benzene ring substituents is 1. The van der Waals surface area contributed by atoms with Gasteiger partial charge in [0.15, 0.2) is 0 Å². The van der Waals surface area contributed by atoms with Gasteiger partial charge in [-0.3, -0.25) is 10.1 Å². The van der Waals surface area contributed by atoms with Gasteiger partial charge in [0, 0.05) is 23.0 Å². The average Bonchev–Trinajstić information content (AvgIpc) is 2.47. The summed E-state index contributed by atoms with van der Waals surface area (Å²) in [5.41, 5.74) is 0.640. The second-order valence-corrected chi connectivity index (χ2v) is 4.75. The first-order valence-corrected chi connectivity index (χ1v) is 7.50. The first-order valence-electron chi connectivity index (χ1n) is 6.38. The summed E-state index contributed by atoms with van der Waals surface area (Å²) in [4.78, 5) is 10.5. The molecule has 2 aromatic carbocycles. The quantitative estimate of drug-likeness (QED) is 0.430. The van der Waals surface area contributed by atoms with E-state index in [4.69, 9.17) is 9.47 Å². The standard InChI is InChI=1S/C15H14BrNO4/c1-2-20-12-4-3-5-13(9-12)21-14-6-7-15(17(18)19)11(8-14)10-16/h3-9H,2,10H2,1H3. The zero-order chi connectivity index (χ0) is 15.2. The Hall–Kier alpha value is -2.08. The van der Waals surface area contributed by atoms with Crippen LogP contribution >= 0.6 is 15.9 Å². The second-order valence-electron chi connectivity index (χ2n) is 4.19. The number of halogens is 1. The lowest BCUT2D eigenvalue weighted by molar-refractivity contribution is -0.385. The first kappa shape index (κ1) is 15.3. The van der Waals surface area contributed by atoms with Crippen molar-refractivity contribution in [2.45, 2.75) is 12.3 Å². The molecule has 0 fully saturated rings. The van der Waals surface area contributed by atoms with Crippen molar-refractivity contribution in [2.24, 2.45) is 0 Å². The lowest BCUT2D eigenvalue weighted by atomic mass is 10.2. The largest absolute Gasteiger partial charge is 0.494 e. The smallest absolute Gasteiger partial charge is 0.273 e. The van der Waals surface area contributed by atoms with Crippen molar-refractivity contribution in [1.82, 2.24) is 0 Å². The molecule has 110 valence electrons. The number of hydrogen-bond acceptors (Lipinski definition) is 4. The number of rotatable bonds is 6. The molecule has 0 amide bonds. The van der Waals surface area contributed by atoms with Crippen LogP contribution in [0.4, 0.5) is 5.69 Å². The van der Waals surface area contributed by atoms with Gasteiger partial charge in [-0.15, -0.1) is 0 Å². The van der Waals surface area contributed by atoms with Crippen LogP contribution < -0.4 is 9.47 Å². The summed E-state index contributed by atoms with van der Waals surface area (Å²) in [5.74, 6) is 1.89. The Morgan fingerprint density at radius 1 is 1.14 bits per heavy atom. The third-order valence-corrected chi connectivity index (χ3v) is 3.35. The maximum absolute atomic E-state index is 10.9. The molecule has 0 aromatic heterocycles. The van der Waals surface area contributed by atoms with E-state index in [0.717, 1.165) is 5.75 Å². The lowest BCUT2D eigenvalue weighted by Gasteiger charge is -2.09. The van der Waals surface area contributed by atoms with Crippen LogP contribution in [0.25, 0.3) is 0 Å². The van der Waals surface area contributed by atoms with Gasteiger partial charge in [0.2, 0.25) is 0 Å². The van der Waals surface area contributed by atoms with E-state index in [-0.39, 0.29) is 5.69 Å². The van der Waals surface area contributed by atoms with Crippen LogP contribution in [-0.4, -0.2) is 11.5 Å².